The summed E-state index contributed by atoms with van der Waals surface area (Å²) in [6.07, 6.45) is 0. The maximum absolute atomic E-state index is 13.2. The topological polar surface area (TPSA) is 41.1 Å². The van der Waals surface area contributed by atoms with E-state index in [-0.39, 0.29) is 16.2 Å². The van der Waals surface area contributed by atoms with Crippen molar-refractivity contribution in [1.29, 1.82) is 0 Å². The van der Waals surface area contributed by atoms with Gasteiger partial charge < -0.3 is 10.6 Å². The highest BCUT2D eigenvalue weighted by molar-refractivity contribution is 9.10. The fourth-order valence-corrected chi connectivity index (χ4v) is 2.27. The molecule has 0 fully saturated rings. The molecule has 0 spiro atoms. The molecular formula is C16H16BrFN2O. The summed E-state index contributed by atoms with van der Waals surface area (Å²) in [5.41, 5.74) is 2.17. The summed E-state index contributed by atoms with van der Waals surface area (Å²) in [4.78, 5) is 12.2. The van der Waals surface area contributed by atoms with Gasteiger partial charge in [0.15, 0.2) is 0 Å². The normalized spacial score (nSPS) is 10.4. The van der Waals surface area contributed by atoms with E-state index in [2.05, 4.69) is 26.6 Å². The third-order valence-electron chi connectivity index (χ3n) is 3.01. The Balaban J connectivity index is 2.17. The second kappa shape index (κ2) is 7.33. The molecule has 0 saturated carbocycles. The smallest absolute Gasteiger partial charge is 0.255 e. The summed E-state index contributed by atoms with van der Waals surface area (Å²) in [6, 6.07) is 11.8. The van der Waals surface area contributed by atoms with Crippen molar-refractivity contribution in [1.82, 2.24) is 5.32 Å². The maximum Gasteiger partial charge on any atom is 0.255 e. The van der Waals surface area contributed by atoms with Gasteiger partial charge >= 0.3 is 0 Å². The predicted octanol–water partition coefficient (Wildman–Crippen LogP) is 3.95. The van der Waals surface area contributed by atoms with E-state index in [1.165, 1.54) is 18.2 Å². The van der Waals surface area contributed by atoms with Crippen molar-refractivity contribution < 1.29 is 9.18 Å². The minimum absolute atomic E-state index is 0.264. The maximum atomic E-state index is 13.2. The average Bonchev–Trinajstić information content (AvgIpc) is 2.49. The molecule has 0 aliphatic carbocycles. The van der Waals surface area contributed by atoms with Crippen molar-refractivity contribution in [2.24, 2.45) is 0 Å². The van der Waals surface area contributed by atoms with Crippen LogP contribution in [-0.4, -0.2) is 12.5 Å². The Bertz CT molecular complexity index is 646. The lowest BCUT2D eigenvalue weighted by Gasteiger charge is -2.11. The summed E-state index contributed by atoms with van der Waals surface area (Å²) < 4.78 is 13.5. The monoisotopic (exact) mass is 350 g/mol. The van der Waals surface area contributed by atoms with Crippen molar-refractivity contribution in [2.45, 2.75) is 13.5 Å². The molecule has 0 saturated heterocycles. The molecule has 2 rings (SSSR count). The lowest BCUT2D eigenvalue weighted by molar-refractivity contribution is 0.102. The first-order valence-electron chi connectivity index (χ1n) is 6.67. The van der Waals surface area contributed by atoms with E-state index in [1.807, 2.05) is 31.2 Å². The molecule has 21 heavy (non-hydrogen) atoms. The fraction of sp³-hybridized carbons (Fsp3) is 0.188. The molecule has 0 atom stereocenters. The molecule has 0 heterocycles. The summed E-state index contributed by atoms with van der Waals surface area (Å²) >= 11 is 3.08. The molecule has 1 amide bonds. The van der Waals surface area contributed by atoms with Crippen molar-refractivity contribution in [3.05, 3.63) is 63.9 Å². The van der Waals surface area contributed by atoms with Crippen LogP contribution in [0.3, 0.4) is 0 Å². The highest BCUT2D eigenvalue weighted by Crippen LogP contribution is 2.19. The number of carbonyl (C=O) groups is 1. The molecule has 0 aliphatic rings. The first kappa shape index (κ1) is 15.7. The number of carbonyl (C=O) groups excluding carboxylic acids is 1. The van der Waals surface area contributed by atoms with Gasteiger partial charge in [0.1, 0.15) is 5.82 Å². The van der Waals surface area contributed by atoms with E-state index >= 15 is 0 Å². The van der Waals surface area contributed by atoms with E-state index in [0.29, 0.717) is 12.1 Å². The lowest BCUT2D eigenvalue weighted by atomic mass is 10.1. The summed E-state index contributed by atoms with van der Waals surface area (Å²) in [6.45, 7) is 3.56. The Morgan fingerprint density at radius 2 is 2.00 bits per heavy atom. The van der Waals surface area contributed by atoms with Crippen LogP contribution in [0.1, 0.15) is 22.8 Å². The minimum Gasteiger partial charge on any atom is -0.322 e. The first-order chi connectivity index (χ1) is 10.1. The number of halogens is 2. The quantitative estimate of drug-likeness (QED) is 0.857. The van der Waals surface area contributed by atoms with Crippen LogP contribution in [0.5, 0.6) is 0 Å². The van der Waals surface area contributed by atoms with Crippen LogP contribution < -0.4 is 10.6 Å². The number of anilines is 1. The van der Waals surface area contributed by atoms with Gasteiger partial charge in [0.05, 0.1) is 4.47 Å². The fourth-order valence-electron chi connectivity index (χ4n) is 1.89. The van der Waals surface area contributed by atoms with Crippen LogP contribution >= 0.6 is 15.9 Å². The van der Waals surface area contributed by atoms with Crippen molar-refractivity contribution >= 4 is 27.5 Å². The van der Waals surface area contributed by atoms with Gasteiger partial charge in [-0.15, -0.1) is 0 Å². The average molecular weight is 351 g/mol. The second-order valence-electron chi connectivity index (χ2n) is 4.52. The van der Waals surface area contributed by atoms with Crippen LogP contribution in [0.25, 0.3) is 0 Å². The van der Waals surface area contributed by atoms with Gasteiger partial charge in [0, 0.05) is 17.8 Å². The van der Waals surface area contributed by atoms with E-state index in [4.69, 9.17) is 0 Å². The van der Waals surface area contributed by atoms with E-state index in [0.717, 1.165) is 17.8 Å². The van der Waals surface area contributed by atoms with E-state index < -0.39 is 0 Å². The zero-order valence-corrected chi connectivity index (χ0v) is 13.2. The molecule has 5 heteroatoms. The first-order valence-corrected chi connectivity index (χ1v) is 7.46. The number of nitrogens with one attached hydrogen (secondary N) is 2. The molecule has 0 aliphatic heterocycles. The number of hydrogen-bond acceptors (Lipinski definition) is 2. The largest absolute Gasteiger partial charge is 0.322 e. The Kier molecular flexibility index (Phi) is 5.47. The molecule has 2 N–H and O–H groups in total. The number of rotatable bonds is 5. The van der Waals surface area contributed by atoms with Crippen LogP contribution in [0.2, 0.25) is 0 Å². The molecule has 0 radical (unpaired) electrons. The Hall–Kier alpha value is -1.72. The number of para-hydroxylation sites is 1. The Morgan fingerprint density at radius 3 is 2.71 bits per heavy atom. The van der Waals surface area contributed by atoms with Crippen molar-refractivity contribution in [3.8, 4) is 0 Å². The van der Waals surface area contributed by atoms with Crippen LogP contribution in [0.4, 0.5) is 10.1 Å². The van der Waals surface area contributed by atoms with Gasteiger partial charge in [0.2, 0.25) is 0 Å². The number of amides is 1. The van der Waals surface area contributed by atoms with E-state index in [1.54, 1.807) is 0 Å². The van der Waals surface area contributed by atoms with Crippen LogP contribution in [0, 0.1) is 5.82 Å². The SMILES string of the molecule is CCNCc1ccccc1NC(=O)c1ccc(F)c(Br)c1. The molecule has 0 unspecified atom stereocenters. The summed E-state index contributed by atoms with van der Waals surface area (Å²) in [7, 11) is 0. The molecular weight excluding hydrogens is 335 g/mol. The molecule has 2 aromatic rings. The second-order valence-corrected chi connectivity index (χ2v) is 5.37. The van der Waals surface area contributed by atoms with Gasteiger partial charge in [-0.05, 0) is 52.3 Å². The zero-order chi connectivity index (χ0) is 15.2. The highest BCUT2D eigenvalue weighted by atomic mass is 79.9. The molecule has 0 aromatic heterocycles. The van der Waals surface area contributed by atoms with Crippen LogP contribution in [-0.2, 0) is 6.54 Å². The number of hydrogen-bond donors (Lipinski definition) is 2. The molecule has 110 valence electrons. The third kappa shape index (κ3) is 4.12. The number of benzene rings is 2. The Morgan fingerprint density at radius 1 is 1.24 bits per heavy atom. The molecule has 2 aromatic carbocycles. The Labute approximate surface area is 131 Å². The standard InChI is InChI=1S/C16H16BrFN2O/c1-2-19-10-12-5-3-4-6-15(12)20-16(21)11-7-8-14(18)13(17)9-11/h3-9,19H,2,10H2,1H3,(H,20,21). The summed E-state index contributed by atoms with van der Waals surface area (Å²) in [5, 5.41) is 6.09. The zero-order valence-electron chi connectivity index (χ0n) is 11.6. The highest BCUT2D eigenvalue weighted by Gasteiger charge is 2.10. The van der Waals surface area contributed by atoms with Gasteiger partial charge in [-0.2, -0.15) is 0 Å². The molecule has 0 bridgehead atoms. The van der Waals surface area contributed by atoms with Crippen molar-refractivity contribution in [2.75, 3.05) is 11.9 Å². The van der Waals surface area contributed by atoms with Gasteiger partial charge in [-0.25, -0.2) is 4.39 Å². The predicted molar refractivity (Wildman–Crippen MR) is 85.9 cm³/mol. The van der Waals surface area contributed by atoms with Gasteiger partial charge in [-0.3, -0.25) is 4.79 Å². The summed E-state index contributed by atoms with van der Waals surface area (Å²) in [5.74, 6) is -0.654. The lowest BCUT2D eigenvalue weighted by Crippen LogP contribution is -2.17. The minimum atomic E-state index is -0.390. The van der Waals surface area contributed by atoms with Gasteiger partial charge in [-0.1, -0.05) is 25.1 Å². The molecule has 3 nitrogen and oxygen atoms in total. The van der Waals surface area contributed by atoms with Crippen LogP contribution in [0.15, 0.2) is 46.9 Å². The van der Waals surface area contributed by atoms with E-state index in [9.17, 15) is 9.18 Å². The van der Waals surface area contributed by atoms with Gasteiger partial charge in [0.25, 0.3) is 5.91 Å². The third-order valence-corrected chi connectivity index (χ3v) is 3.62. The van der Waals surface area contributed by atoms with Crippen molar-refractivity contribution in [3.63, 3.8) is 0 Å².